The summed E-state index contributed by atoms with van der Waals surface area (Å²) in [6.07, 6.45) is 3.68. The van der Waals surface area contributed by atoms with Crippen LogP contribution in [0.4, 0.5) is 10.6 Å². The van der Waals surface area contributed by atoms with Crippen LogP contribution in [0.25, 0.3) is 0 Å². The molecule has 1 aliphatic heterocycles. The second-order valence-electron chi connectivity index (χ2n) is 9.53. The summed E-state index contributed by atoms with van der Waals surface area (Å²) in [5.74, 6) is -0.102. The van der Waals surface area contributed by atoms with Crippen LogP contribution in [-0.2, 0) is 11.2 Å². The van der Waals surface area contributed by atoms with E-state index in [1.165, 1.54) is 5.56 Å². The van der Waals surface area contributed by atoms with E-state index in [0.29, 0.717) is 23.5 Å². The van der Waals surface area contributed by atoms with Crippen molar-refractivity contribution < 1.29 is 14.3 Å². The van der Waals surface area contributed by atoms with Gasteiger partial charge in [0, 0.05) is 18.5 Å². The van der Waals surface area contributed by atoms with E-state index in [1.54, 1.807) is 6.20 Å². The fraction of sp³-hybridized carbons (Fsp3) is 0.478. The van der Waals surface area contributed by atoms with Crippen LogP contribution < -0.4 is 16.0 Å². The van der Waals surface area contributed by atoms with Gasteiger partial charge in [0.15, 0.2) is 11.5 Å². The summed E-state index contributed by atoms with van der Waals surface area (Å²) in [6, 6.07) is 8.12. The van der Waals surface area contributed by atoms with Crippen LogP contribution in [0.3, 0.4) is 0 Å². The topological polar surface area (TPSA) is 110 Å². The zero-order chi connectivity index (χ0) is 23.1. The van der Waals surface area contributed by atoms with Crippen molar-refractivity contribution in [2.75, 3.05) is 18.0 Å². The molecule has 2 aromatic rings. The van der Waals surface area contributed by atoms with Gasteiger partial charge in [-0.3, -0.25) is 4.79 Å². The molecule has 1 aliphatic carbocycles. The molecule has 8 nitrogen and oxygen atoms in total. The third-order valence-corrected chi connectivity index (χ3v) is 6.58. The number of piperidine rings is 1. The first kappa shape index (κ1) is 22.5. The molecule has 2 aliphatic rings. The molecular formula is C23H28BrN5O3. The van der Waals surface area contributed by atoms with Gasteiger partial charge < -0.3 is 20.7 Å². The van der Waals surface area contributed by atoms with Crippen molar-refractivity contribution in [3.63, 3.8) is 0 Å². The molecule has 32 heavy (non-hydrogen) atoms. The second-order valence-corrected chi connectivity index (χ2v) is 10.3. The van der Waals surface area contributed by atoms with Crippen molar-refractivity contribution in [3.8, 4) is 0 Å². The number of rotatable bonds is 3. The molecule has 2 heterocycles. The third kappa shape index (κ3) is 4.44. The molecule has 2 amide bonds. The van der Waals surface area contributed by atoms with Crippen LogP contribution in [0.2, 0.25) is 0 Å². The molecular weight excluding hydrogens is 474 g/mol. The molecule has 1 saturated heterocycles. The van der Waals surface area contributed by atoms with Gasteiger partial charge in [-0.15, -0.1) is 0 Å². The molecule has 4 rings (SSSR count). The second kappa shape index (κ2) is 8.35. The molecule has 170 valence electrons. The van der Waals surface area contributed by atoms with Gasteiger partial charge in [-0.05, 0) is 67.1 Å². The molecule has 0 unspecified atom stereocenters. The summed E-state index contributed by atoms with van der Waals surface area (Å²) in [5.41, 5.74) is 7.40. The number of primary amides is 1. The van der Waals surface area contributed by atoms with E-state index < -0.39 is 17.6 Å². The number of hydrogen-bond acceptors (Lipinski definition) is 6. The minimum absolute atomic E-state index is 0.132. The molecule has 1 atom stereocenters. The van der Waals surface area contributed by atoms with Crippen LogP contribution in [0, 0.1) is 5.41 Å². The molecule has 1 aromatic heterocycles. The summed E-state index contributed by atoms with van der Waals surface area (Å²) >= 11 is 3.25. The lowest BCUT2D eigenvalue weighted by molar-refractivity contribution is 0.0427. The van der Waals surface area contributed by atoms with Gasteiger partial charge in [0.2, 0.25) is 0 Å². The first-order valence-corrected chi connectivity index (χ1v) is 11.5. The average Bonchev–Trinajstić information content (AvgIpc) is 3.00. The van der Waals surface area contributed by atoms with E-state index in [4.69, 9.17) is 10.5 Å². The number of aromatic nitrogens is 2. The zero-order valence-corrected chi connectivity index (χ0v) is 20.1. The Balaban J connectivity index is 1.57. The number of benzene rings is 1. The van der Waals surface area contributed by atoms with Crippen molar-refractivity contribution in [2.45, 2.75) is 51.7 Å². The lowest BCUT2D eigenvalue weighted by atomic mass is 9.72. The fourth-order valence-corrected chi connectivity index (χ4v) is 5.11. The molecule has 0 saturated carbocycles. The molecule has 0 bridgehead atoms. The quantitative estimate of drug-likeness (QED) is 0.662. The minimum atomic E-state index is -0.605. The number of hydrogen-bond donors (Lipinski definition) is 2. The van der Waals surface area contributed by atoms with Crippen LogP contribution in [0.5, 0.6) is 0 Å². The predicted octanol–water partition coefficient (Wildman–Crippen LogP) is 3.75. The van der Waals surface area contributed by atoms with Crippen molar-refractivity contribution in [1.29, 1.82) is 0 Å². The van der Waals surface area contributed by atoms with E-state index in [-0.39, 0.29) is 17.2 Å². The Kier molecular flexibility index (Phi) is 5.87. The van der Waals surface area contributed by atoms with Crippen molar-refractivity contribution in [1.82, 2.24) is 15.3 Å². The van der Waals surface area contributed by atoms with E-state index in [1.807, 2.05) is 32.9 Å². The monoisotopic (exact) mass is 501 g/mol. The largest absolute Gasteiger partial charge is 0.444 e. The minimum Gasteiger partial charge on any atom is -0.444 e. The van der Waals surface area contributed by atoms with Gasteiger partial charge in [0.1, 0.15) is 10.2 Å². The Bertz CT molecular complexity index is 1040. The standard InChI is InChI=1S/C23H28BrN5O3/c1-22(2,3)32-21(31)28-18-15-7-5-4-6-14(15)12-23(18)8-10-29(11-9-23)20-17(19(25)30)27-16(24)13-26-20/h4-7,13,18H,8-12H2,1-3H3,(H2,25,30)(H,28,31)/t18-/m1/s1. The fourth-order valence-electron chi connectivity index (χ4n) is 4.83. The van der Waals surface area contributed by atoms with Gasteiger partial charge in [0.25, 0.3) is 5.91 Å². The highest BCUT2D eigenvalue weighted by molar-refractivity contribution is 9.10. The van der Waals surface area contributed by atoms with Crippen molar-refractivity contribution in [2.24, 2.45) is 11.1 Å². The highest BCUT2D eigenvalue weighted by Crippen LogP contribution is 2.52. The molecule has 1 aromatic carbocycles. The number of nitrogens with zero attached hydrogens (tertiary/aromatic N) is 3. The number of nitrogens with two attached hydrogens (primary N) is 1. The number of nitrogens with one attached hydrogen (secondary N) is 1. The lowest BCUT2D eigenvalue weighted by Crippen LogP contribution is -2.48. The van der Waals surface area contributed by atoms with Gasteiger partial charge in [-0.2, -0.15) is 0 Å². The number of carbonyl (C=O) groups is 2. The molecule has 9 heteroatoms. The third-order valence-electron chi connectivity index (χ3n) is 6.20. The summed E-state index contributed by atoms with van der Waals surface area (Å²) in [5, 5.41) is 3.16. The Morgan fingerprint density at radius 3 is 2.59 bits per heavy atom. The summed E-state index contributed by atoms with van der Waals surface area (Å²) in [7, 11) is 0. The van der Waals surface area contributed by atoms with Gasteiger partial charge >= 0.3 is 6.09 Å². The average molecular weight is 502 g/mol. The Morgan fingerprint density at radius 2 is 1.94 bits per heavy atom. The highest BCUT2D eigenvalue weighted by Gasteiger charge is 2.49. The Labute approximate surface area is 196 Å². The summed E-state index contributed by atoms with van der Waals surface area (Å²) in [4.78, 5) is 35.3. The van der Waals surface area contributed by atoms with Crippen LogP contribution in [-0.4, -0.2) is 40.7 Å². The van der Waals surface area contributed by atoms with E-state index >= 15 is 0 Å². The summed E-state index contributed by atoms with van der Waals surface area (Å²) in [6.45, 7) is 6.94. The predicted molar refractivity (Wildman–Crippen MR) is 124 cm³/mol. The first-order valence-electron chi connectivity index (χ1n) is 10.7. The lowest BCUT2D eigenvalue weighted by Gasteiger charge is -2.44. The highest BCUT2D eigenvalue weighted by atomic mass is 79.9. The van der Waals surface area contributed by atoms with Gasteiger partial charge in [-0.1, -0.05) is 24.3 Å². The van der Waals surface area contributed by atoms with Crippen molar-refractivity contribution in [3.05, 3.63) is 51.9 Å². The first-order chi connectivity index (χ1) is 15.1. The number of halogens is 1. The number of amides is 2. The Hall–Kier alpha value is -2.68. The van der Waals surface area contributed by atoms with E-state index in [2.05, 4.69) is 48.2 Å². The van der Waals surface area contributed by atoms with E-state index in [9.17, 15) is 9.59 Å². The number of ether oxygens (including phenoxy) is 1. The SMILES string of the molecule is CC(C)(C)OC(=O)N[C@@H]1c2ccccc2CC12CCN(c1ncc(Br)nc1C(N)=O)CC2. The molecule has 3 N–H and O–H groups in total. The van der Waals surface area contributed by atoms with E-state index in [0.717, 1.165) is 24.8 Å². The normalized spacial score (nSPS) is 19.5. The summed E-state index contributed by atoms with van der Waals surface area (Å²) < 4.78 is 6.03. The van der Waals surface area contributed by atoms with Crippen LogP contribution >= 0.6 is 15.9 Å². The molecule has 1 spiro atoms. The van der Waals surface area contributed by atoms with Crippen molar-refractivity contribution >= 4 is 33.7 Å². The van der Waals surface area contributed by atoms with Crippen LogP contribution in [0.15, 0.2) is 35.1 Å². The van der Waals surface area contributed by atoms with Gasteiger partial charge in [0.05, 0.1) is 12.2 Å². The smallest absolute Gasteiger partial charge is 0.408 e. The number of fused-ring (bicyclic) bond motifs is 1. The Morgan fingerprint density at radius 1 is 1.25 bits per heavy atom. The number of alkyl carbamates (subject to hydrolysis) is 1. The zero-order valence-electron chi connectivity index (χ0n) is 18.5. The maximum Gasteiger partial charge on any atom is 0.408 e. The van der Waals surface area contributed by atoms with Crippen LogP contribution in [0.1, 0.15) is 61.3 Å². The number of anilines is 1. The van der Waals surface area contributed by atoms with Gasteiger partial charge in [-0.25, -0.2) is 14.8 Å². The maximum atomic E-state index is 12.7. The molecule has 1 fully saturated rings. The maximum absolute atomic E-state index is 12.7. The molecule has 0 radical (unpaired) electrons. The number of carbonyl (C=O) groups excluding carboxylic acids is 2.